The summed E-state index contributed by atoms with van der Waals surface area (Å²) in [6.45, 7) is 3.07. The molecule has 1 heterocycles. The van der Waals surface area contributed by atoms with E-state index < -0.39 is 22.1 Å². The average molecular weight is 506 g/mol. The number of carbonyl (C=O) groups excluding carboxylic acids is 3. The minimum Gasteiger partial charge on any atom is -0.431 e. The van der Waals surface area contributed by atoms with Gasteiger partial charge in [-0.05, 0) is 62.9 Å². The first kappa shape index (κ1) is 26.1. The summed E-state index contributed by atoms with van der Waals surface area (Å²) in [6, 6.07) is 7.65. The molecule has 2 aromatic rings. The highest BCUT2D eigenvalue weighted by Gasteiger charge is 2.22. The Bertz CT molecular complexity index is 1130. The van der Waals surface area contributed by atoms with Crippen molar-refractivity contribution in [1.29, 1.82) is 0 Å². The van der Waals surface area contributed by atoms with Gasteiger partial charge < -0.3 is 19.5 Å². The molecule has 2 amide bonds. The van der Waals surface area contributed by atoms with Crippen molar-refractivity contribution in [3.05, 3.63) is 53.7 Å². The number of aromatic nitrogens is 1. The SMILES string of the molecule is CCOCCNC(=O)c1ccc(S(=O)(=O)NC(=O)c2ccc(OC(=O)OC3CCCC3)nc2)cc1. The van der Waals surface area contributed by atoms with Crippen molar-refractivity contribution < 1.29 is 37.0 Å². The lowest BCUT2D eigenvalue weighted by Gasteiger charge is -2.11. The molecule has 188 valence electrons. The molecule has 11 nitrogen and oxygen atoms in total. The number of pyridine rings is 1. The standard InChI is InChI=1S/C23H27N3O8S/c1-2-32-14-13-24-21(27)16-7-10-19(11-8-16)35(30,31)26-22(28)17-9-12-20(25-15-17)34-23(29)33-18-5-3-4-6-18/h7-12,15,18H,2-6,13-14H2,1H3,(H,24,27)(H,26,28). The van der Waals surface area contributed by atoms with E-state index in [2.05, 4.69) is 10.3 Å². The number of nitrogens with zero attached hydrogens (tertiary/aromatic N) is 1. The Balaban J connectivity index is 1.54. The van der Waals surface area contributed by atoms with Crippen LogP contribution in [0.5, 0.6) is 5.88 Å². The van der Waals surface area contributed by atoms with Crippen LogP contribution in [0, 0.1) is 0 Å². The van der Waals surface area contributed by atoms with Crippen molar-refractivity contribution in [3.63, 3.8) is 0 Å². The fourth-order valence-corrected chi connectivity index (χ4v) is 4.31. The maximum atomic E-state index is 12.6. The molecular weight excluding hydrogens is 478 g/mol. The van der Waals surface area contributed by atoms with Gasteiger partial charge in [0.15, 0.2) is 0 Å². The van der Waals surface area contributed by atoms with E-state index in [-0.39, 0.29) is 33.9 Å². The Kier molecular flexibility index (Phi) is 9.15. The van der Waals surface area contributed by atoms with Gasteiger partial charge in [0.1, 0.15) is 6.10 Å². The lowest BCUT2D eigenvalue weighted by Crippen LogP contribution is -2.31. The van der Waals surface area contributed by atoms with E-state index in [1.807, 2.05) is 11.6 Å². The van der Waals surface area contributed by atoms with E-state index in [0.717, 1.165) is 31.9 Å². The second kappa shape index (κ2) is 12.3. The smallest absolute Gasteiger partial charge is 0.431 e. The topological polar surface area (TPSA) is 150 Å². The summed E-state index contributed by atoms with van der Waals surface area (Å²) in [5.41, 5.74) is 0.202. The predicted molar refractivity (Wildman–Crippen MR) is 124 cm³/mol. The number of rotatable bonds is 10. The predicted octanol–water partition coefficient (Wildman–Crippen LogP) is 2.42. The summed E-state index contributed by atoms with van der Waals surface area (Å²) in [5.74, 6) is -1.38. The zero-order chi connectivity index (χ0) is 25.3. The van der Waals surface area contributed by atoms with Gasteiger partial charge in [0.05, 0.1) is 17.1 Å². The molecule has 1 aliphatic rings. The van der Waals surface area contributed by atoms with Crippen LogP contribution in [0.25, 0.3) is 0 Å². The molecule has 0 spiro atoms. The highest BCUT2D eigenvalue weighted by atomic mass is 32.2. The Morgan fingerprint density at radius 1 is 1.00 bits per heavy atom. The van der Waals surface area contributed by atoms with Gasteiger partial charge in [0.2, 0.25) is 5.88 Å². The number of nitrogens with one attached hydrogen (secondary N) is 2. The first-order valence-corrected chi connectivity index (χ1v) is 12.6. The van der Waals surface area contributed by atoms with Gasteiger partial charge in [-0.1, -0.05) is 0 Å². The van der Waals surface area contributed by atoms with E-state index in [9.17, 15) is 22.8 Å². The molecule has 1 fully saturated rings. The summed E-state index contributed by atoms with van der Waals surface area (Å²) in [6.07, 6.45) is 3.62. The van der Waals surface area contributed by atoms with Crippen molar-refractivity contribution in [3.8, 4) is 5.88 Å². The molecule has 1 saturated carbocycles. The molecule has 0 aliphatic heterocycles. The van der Waals surface area contributed by atoms with Crippen LogP contribution < -0.4 is 14.8 Å². The van der Waals surface area contributed by atoms with E-state index in [4.69, 9.17) is 14.2 Å². The summed E-state index contributed by atoms with van der Waals surface area (Å²) in [7, 11) is -4.20. The Morgan fingerprint density at radius 3 is 2.31 bits per heavy atom. The fourth-order valence-electron chi connectivity index (χ4n) is 3.34. The zero-order valence-electron chi connectivity index (χ0n) is 19.2. The van der Waals surface area contributed by atoms with E-state index in [1.165, 1.54) is 36.4 Å². The van der Waals surface area contributed by atoms with Crippen molar-refractivity contribution in [2.45, 2.75) is 43.6 Å². The zero-order valence-corrected chi connectivity index (χ0v) is 20.0. The molecule has 0 bridgehead atoms. The number of sulfonamides is 1. The van der Waals surface area contributed by atoms with Gasteiger partial charge in [0.25, 0.3) is 21.8 Å². The van der Waals surface area contributed by atoms with Gasteiger partial charge in [0, 0.05) is 31.0 Å². The molecule has 1 aromatic carbocycles. The van der Waals surface area contributed by atoms with Gasteiger partial charge in [-0.3, -0.25) is 9.59 Å². The molecule has 3 rings (SSSR count). The van der Waals surface area contributed by atoms with Crippen LogP contribution in [0.2, 0.25) is 0 Å². The van der Waals surface area contributed by atoms with Crippen LogP contribution in [0.15, 0.2) is 47.5 Å². The fraction of sp³-hybridized carbons (Fsp3) is 0.391. The quantitative estimate of drug-likeness (QED) is 0.366. The molecule has 2 N–H and O–H groups in total. The first-order chi connectivity index (χ1) is 16.8. The molecule has 0 unspecified atom stereocenters. The van der Waals surface area contributed by atoms with Gasteiger partial charge in [-0.15, -0.1) is 0 Å². The van der Waals surface area contributed by atoms with E-state index in [0.29, 0.717) is 19.8 Å². The highest BCUT2D eigenvalue weighted by molar-refractivity contribution is 7.90. The normalized spacial score (nSPS) is 13.7. The Labute approximate surface area is 203 Å². The summed E-state index contributed by atoms with van der Waals surface area (Å²) in [4.78, 5) is 39.9. The first-order valence-electron chi connectivity index (χ1n) is 11.2. The number of hydrogen-bond acceptors (Lipinski definition) is 9. The van der Waals surface area contributed by atoms with Crippen molar-refractivity contribution in [2.24, 2.45) is 0 Å². The molecule has 35 heavy (non-hydrogen) atoms. The highest BCUT2D eigenvalue weighted by Crippen LogP contribution is 2.21. The molecule has 1 aromatic heterocycles. The Morgan fingerprint density at radius 2 is 1.69 bits per heavy atom. The Hall–Kier alpha value is -3.51. The van der Waals surface area contributed by atoms with Crippen molar-refractivity contribution in [1.82, 2.24) is 15.0 Å². The lowest BCUT2D eigenvalue weighted by molar-refractivity contribution is 0.0600. The number of benzene rings is 1. The van der Waals surface area contributed by atoms with E-state index in [1.54, 1.807) is 0 Å². The number of ether oxygens (including phenoxy) is 3. The third-order valence-corrected chi connectivity index (χ3v) is 6.49. The van der Waals surface area contributed by atoms with Crippen molar-refractivity contribution in [2.75, 3.05) is 19.8 Å². The minimum atomic E-state index is -4.20. The molecule has 12 heteroatoms. The number of carbonyl (C=O) groups is 3. The maximum Gasteiger partial charge on any atom is 0.515 e. The lowest BCUT2D eigenvalue weighted by atomic mass is 10.2. The van der Waals surface area contributed by atoms with Crippen LogP contribution in [-0.2, 0) is 19.5 Å². The van der Waals surface area contributed by atoms with Crippen LogP contribution in [0.3, 0.4) is 0 Å². The summed E-state index contributed by atoms with van der Waals surface area (Å²) >= 11 is 0. The maximum absolute atomic E-state index is 12.6. The summed E-state index contributed by atoms with van der Waals surface area (Å²) in [5, 5.41) is 2.65. The number of hydrogen-bond donors (Lipinski definition) is 2. The second-order valence-electron chi connectivity index (χ2n) is 7.67. The molecule has 0 radical (unpaired) electrons. The van der Waals surface area contributed by atoms with Crippen LogP contribution in [0.1, 0.15) is 53.3 Å². The molecular formula is C23H27N3O8S. The van der Waals surface area contributed by atoms with Crippen LogP contribution in [0.4, 0.5) is 4.79 Å². The van der Waals surface area contributed by atoms with E-state index >= 15 is 0 Å². The van der Waals surface area contributed by atoms with Gasteiger partial charge >= 0.3 is 6.16 Å². The average Bonchev–Trinajstić information content (AvgIpc) is 3.35. The number of amides is 2. The molecule has 0 atom stereocenters. The second-order valence-corrected chi connectivity index (χ2v) is 9.36. The summed E-state index contributed by atoms with van der Waals surface area (Å²) < 4.78 is 42.4. The molecule has 1 aliphatic carbocycles. The third-order valence-electron chi connectivity index (χ3n) is 5.14. The van der Waals surface area contributed by atoms with Crippen LogP contribution in [-0.4, -0.2) is 57.2 Å². The monoisotopic (exact) mass is 505 g/mol. The minimum absolute atomic E-state index is 0.0598. The van der Waals surface area contributed by atoms with Crippen LogP contribution >= 0.6 is 0 Å². The van der Waals surface area contributed by atoms with Crippen molar-refractivity contribution >= 4 is 28.0 Å². The third kappa shape index (κ3) is 7.76. The molecule has 0 saturated heterocycles. The van der Waals surface area contributed by atoms with Gasteiger partial charge in [-0.2, -0.15) is 0 Å². The van der Waals surface area contributed by atoms with Gasteiger partial charge in [-0.25, -0.2) is 22.9 Å². The largest absolute Gasteiger partial charge is 0.515 e.